The van der Waals surface area contributed by atoms with Crippen molar-refractivity contribution in [1.82, 2.24) is 5.32 Å². The number of thiocarbonyl (C=S) groups is 1. The van der Waals surface area contributed by atoms with E-state index in [0.29, 0.717) is 5.92 Å². The summed E-state index contributed by atoms with van der Waals surface area (Å²) in [5.41, 5.74) is -1.43. The molecule has 0 aromatic carbocycles. The Morgan fingerprint density at radius 1 is 1.60 bits per heavy atom. The quantitative estimate of drug-likeness (QED) is 0.565. The Hall–Kier alpha value is -0.840. The molecule has 0 unspecified atom stereocenters. The van der Waals surface area contributed by atoms with Crippen LogP contribution in [0, 0.1) is 5.92 Å². The van der Waals surface area contributed by atoms with Crippen molar-refractivity contribution >= 4 is 23.4 Å². The zero-order chi connectivity index (χ0) is 11.3. The zero-order valence-corrected chi connectivity index (χ0v) is 9.94. The van der Waals surface area contributed by atoms with Gasteiger partial charge >= 0.3 is 5.97 Å². The van der Waals surface area contributed by atoms with E-state index >= 15 is 0 Å². The van der Waals surface area contributed by atoms with E-state index in [0.717, 1.165) is 12.8 Å². The third kappa shape index (κ3) is 1.33. The highest BCUT2D eigenvalue weighted by molar-refractivity contribution is 7.80. The van der Waals surface area contributed by atoms with E-state index in [1.54, 1.807) is 6.92 Å². The smallest absolute Gasteiger partial charge is 0.335 e. The number of nitrogens with one attached hydrogen (secondary N) is 1. The van der Waals surface area contributed by atoms with Gasteiger partial charge in [0, 0.05) is 5.92 Å². The highest BCUT2D eigenvalue weighted by atomic mass is 32.1. The van der Waals surface area contributed by atoms with E-state index in [-0.39, 0.29) is 11.1 Å². The molecule has 2 atom stereocenters. The van der Waals surface area contributed by atoms with Crippen LogP contribution in [0.1, 0.15) is 26.7 Å². The minimum absolute atomic E-state index is 0.289. The molecule has 84 valence electrons. The molecule has 1 N–H and O–H groups in total. The molecule has 2 aliphatic rings. The minimum atomic E-state index is -0.861. The molecule has 2 rings (SSSR count). The van der Waals surface area contributed by atoms with Crippen molar-refractivity contribution in [2.24, 2.45) is 5.92 Å². The normalized spacial score (nSPS) is 39.5. The number of methoxy groups -OCH3 is 1. The molecule has 1 aliphatic heterocycles. The third-order valence-electron chi connectivity index (χ3n) is 3.60. The Kier molecular flexibility index (Phi) is 2.19. The maximum atomic E-state index is 11.8. The lowest BCUT2D eigenvalue weighted by molar-refractivity contribution is -0.154. The third-order valence-corrected chi connectivity index (χ3v) is 3.79. The molecule has 0 radical (unpaired) electrons. The van der Waals surface area contributed by atoms with Crippen molar-refractivity contribution < 1.29 is 14.3 Å². The van der Waals surface area contributed by atoms with Crippen LogP contribution in [0.5, 0.6) is 0 Å². The predicted octanol–water partition coefficient (Wildman–Crippen LogP) is 0.991. The first-order valence-corrected chi connectivity index (χ1v) is 5.44. The number of carbonyl (C=O) groups is 1. The summed E-state index contributed by atoms with van der Waals surface area (Å²) in [7, 11) is 1.38. The molecule has 4 nitrogen and oxygen atoms in total. The molecule has 0 amide bonds. The number of rotatable bonds is 2. The van der Waals surface area contributed by atoms with E-state index < -0.39 is 11.1 Å². The van der Waals surface area contributed by atoms with Crippen LogP contribution in [0.2, 0.25) is 0 Å². The Labute approximate surface area is 94.3 Å². The van der Waals surface area contributed by atoms with E-state index in [9.17, 15) is 4.79 Å². The first kappa shape index (κ1) is 10.7. The van der Waals surface area contributed by atoms with Gasteiger partial charge < -0.3 is 14.8 Å². The molecule has 0 spiro atoms. The Morgan fingerprint density at radius 3 is 2.67 bits per heavy atom. The SMILES string of the molecule is COC(=O)[C@]1(C)NC(=S)O[C@]1(C)C1CC1. The van der Waals surface area contributed by atoms with Crippen molar-refractivity contribution in [3.63, 3.8) is 0 Å². The van der Waals surface area contributed by atoms with Crippen LogP contribution in [0.4, 0.5) is 0 Å². The summed E-state index contributed by atoms with van der Waals surface area (Å²) >= 11 is 4.99. The first-order valence-electron chi connectivity index (χ1n) is 5.03. The fourth-order valence-corrected chi connectivity index (χ4v) is 2.61. The number of esters is 1. The lowest BCUT2D eigenvalue weighted by Gasteiger charge is -2.35. The van der Waals surface area contributed by atoms with Gasteiger partial charge in [0.25, 0.3) is 5.17 Å². The van der Waals surface area contributed by atoms with E-state index in [4.69, 9.17) is 21.7 Å². The summed E-state index contributed by atoms with van der Waals surface area (Å²) in [6.07, 6.45) is 2.15. The highest BCUT2D eigenvalue weighted by Crippen LogP contribution is 2.50. The highest BCUT2D eigenvalue weighted by Gasteiger charge is 2.65. The molecular weight excluding hydrogens is 214 g/mol. The fraction of sp³-hybridized carbons (Fsp3) is 0.800. The molecule has 0 aromatic heterocycles. The average molecular weight is 229 g/mol. The largest absolute Gasteiger partial charge is 0.467 e. The van der Waals surface area contributed by atoms with Gasteiger partial charge in [-0.2, -0.15) is 0 Å². The number of hydrogen-bond donors (Lipinski definition) is 1. The van der Waals surface area contributed by atoms with Crippen LogP contribution in [0.15, 0.2) is 0 Å². The summed E-state index contributed by atoms with van der Waals surface area (Å²) in [6.45, 7) is 3.71. The van der Waals surface area contributed by atoms with Gasteiger partial charge in [0.1, 0.15) is 5.60 Å². The van der Waals surface area contributed by atoms with Crippen LogP contribution < -0.4 is 5.32 Å². The second-order valence-electron chi connectivity index (χ2n) is 4.51. The molecule has 0 bridgehead atoms. The van der Waals surface area contributed by atoms with Gasteiger partial charge in [-0.3, -0.25) is 0 Å². The summed E-state index contributed by atoms with van der Waals surface area (Å²) in [6, 6.07) is 0. The minimum Gasteiger partial charge on any atom is -0.467 e. The number of ether oxygens (including phenoxy) is 2. The lowest BCUT2D eigenvalue weighted by atomic mass is 9.79. The van der Waals surface area contributed by atoms with E-state index in [2.05, 4.69) is 5.32 Å². The van der Waals surface area contributed by atoms with Gasteiger partial charge in [0.15, 0.2) is 5.54 Å². The van der Waals surface area contributed by atoms with Crippen LogP contribution in [0.25, 0.3) is 0 Å². The standard InChI is InChI=1S/C10H15NO3S/c1-9(7(12)13-3)10(2,6-4-5-6)14-8(15)11-9/h6H,4-5H2,1-3H3,(H,11,15)/t9-,10+/m0/s1. The predicted molar refractivity (Wildman–Crippen MR) is 58.4 cm³/mol. The second kappa shape index (κ2) is 3.07. The zero-order valence-electron chi connectivity index (χ0n) is 9.12. The van der Waals surface area contributed by atoms with Gasteiger partial charge in [-0.05, 0) is 38.9 Å². The van der Waals surface area contributed by atoms with Gasteiger partial charge in [-0.15, -0.1) is 0 Å². The fourth-order valence-electron chi connectivity index (χ4n) is 2.23. The van der Waals surface area contributed by atoms with Gasteiger partial charge in [-0.25, -0.2) is 4.79 Å². The molecule has 0 aromatic rings. The molecule has 2 fully saturated rings. The molecule has 1 saturated carbocycles. The maximum absolute atomic E-state index is 11.8. The van der Waals surface area contributed by atoms with Crippen LogP contribution in [-0.2, 0) is 14.3 Å². The van der Waals surface area contributed by atoms with Crippen molar-refractivity contribution in [3.8, 4) is 0 Å². The summed E-state index contributed by atoms with van der Waals surface area (Å²) in [5, 5.41) is 3.22. The molecule has 1 heterocycles. The molecule has 5 heteroatoms. The molecular formula is C10H15NO3S. The monoisotopic (exact) mass is 229 g/mol. The Morgan fingerprint density at radius 2 is 2.20 bits per heavy atom. The van der Waals surface area contributed by atoms with Gasteiger partial charge in [-0.1, -0.05) is 0 Å². The summed E-state index contributed by atoms with van der Waals surface area (Å²) in [5.74, 6) is 0.0614. The van der Waals surface area contributed by atoms with Gasteiger partial charge in [0.2, 0.25) is 0 Å². The average Bonchev–Trinajstić information content (AvgIpc) is 2.95. The Bertz CT molecular complexity index is 329. The lowest BCUT2D eigenvalue weighted by Crippen LogP contribution is -2.60. The van der Waals surface area contributed by atoms with Crippen LogP contribution in [-0.4, -0.2) is 29.4 Å². The van der Waals surface area contributed by atoms with Crippen molar-refractivity contribution in [2.75, 3.05) is 7.11 Å². The second-order valence-corrected chi connectivity index (χ2v) is 4.88. The van der Waals surface area contributed by atoms with E-state index in [1.807, 2.05) is 6.92 Å². The molecule has 1 aliphatic carbocycles. The van der Waals surface area contributed by atoms with Crippen LogP contribution >= 0.6 is 12.2 Å². The summed E-state index contributed by atoms with van der Waals surface area (Å²) < 4.78 is 10.4. The number of hydrogen-bond acceptors (Lipinski definition) is 4. The van der Waals surface area contributed by atoms with Crippen molar-refractivity contribution in [1.29, 1.82) is 0 Å². The maximum Gasteiger partial charge on any atom is 0.335 e. The van der Waals surface area contributed by atoms with Gasteiger partial charge in [0.05, 0.1) is 7.11 Å². The van der Waals surface area contributed by atoms with E-state index in [1.165, 1.54) is 7.11 Å². The number of carbonyl (C=O) groups excluding carboxylic acids is 1. The Balaban J connectivity index is 2.35. The molecule has 1 saturated heterocycles. The van der Waals surface area contributed by atoms with Crippen molar-refractivity contribution in [2.45, 2.75) is 37.8 Å². The van der Waals surface area contributed by atoms with Crippen LogP contribution in [0.3, 0.4) is 0 Å². The molecule has 15 heavy (non-hydrogen) atoms. The topological polar surface area (TPSA) is 47.6 Å². The summed E-state index contributed by atoms with van der Waals surface area (Å²) in [4.78, 5) is 11.8. The van der Waals surface area contributed by atoms with Crippen molar-refractivity contribution in [3.05, 3.63) is 0 Å². The first-order chi connectivity index (χ1) is 6.94.